The molecule has 0 saturated carbocycles. The molecular formula is C14H16N2O2. The van der Waals surface area contributed by atoms with Crippen molar-refractivity contribution in [2.75, 3.05) is 12.3 Å². The van der Waals surface area contributed by atoms with Crippen LogP contribution in [-0.2, 0) is 0 Å². The molecule has 0 bridgehead atoms. The van der Waals surface area contributed by atoms with Gasteiger partial charge >= 0.3 is 0 Å². The molecule has 0 aliphatic carbocycles. The number of aryl methyl sites for hydroxylation is 1. The zero-order valence-corrected chi connectivity index (χ0v) is 10.5. The molecule has 2 N–H and O–H groups in total. The van der Waals surface area contributed by atoms with Crippen molar-refractivity contribution in [2.24, 2.45) is 0 Å². The van der Waals surface area contributed by atoms with Crippen LogP contribution in [0.15, 0.2) is 36.5 Å². The van der Waals surface area contributed by atoms with E-state index in [2.05, 4.69) is 4.98 Å². The van der Waals surface area contributed by atoms with E-state index in [0.717, 1.165) is 5.56 Å². The molecule has 0 unspecified atom stereocenters. The number of rotatable bonds is 4. The van der Waals surface area contributed by atoms with Crippen LogP contribution in [0.3, 0.4) is 0 Å². The van der Waals surface area contributed by atoms with Gasteiger partial charge in [-0.25, -0.2) is 4.98 Å². The van der Waals surface area contributed by atoms with E-state index >= 15 is 0 Å². The maximum atomic E-state index is 5.82. The van der Waals surface area contributed by atoms with Crippen molar-refractivity contribution in [3.8, 4) is 17.4 Å². The molecule has 2 aromatic rings. The highest BCUT2D eigenvalue weighted by atomic mass is 16.5. The first kappa shape index (κ1) is 12.2. The average Bonchev–Trinajstić information content (AvgIpc) is 2.37. The van der Waals surface area contributed by atoms with Crippen molar-refractivity contribution in [3.05, 3.63) is 42.1 Å². The third-order valence-corrected chi connectivity index (χ3v) is 2.48. The van der Waals surface area contributed by atoms with Gasteiger partial charge in [0.05, 0.1) is 6.61 Å². The number of aromatic nitrogens is 1. The lowest BCUT2D eigenvalue weighted by molar-refractivity contribution is 0.319. The molecule has 0 spiro atoms. The SMILES string of the molecule is CCOc1ccccc1Oc1cc(N)c(C)cn1. The third kappa shape index (κ3) is 2.71. The van der Waals surface area contributed by atoms with Crippen LogP contribution in [0.4, 0.5) is 5.69 Å². The van der Waals surface area contributed by atoms with E-state index in [1.54, 1.807) is 12.3 Å². The summed E-state index contributed by atoms with van der Waals surface area (Å²) in [6.45, 7) is 4.42. The quantitative estimate of drug-likeness (QED) is 0.897. The number of nitrogens with two attached hydrogens (primary N) is 1. The van der Waals surface area contributed by atoms with Gasteiger partial charge in [0.1, 0.15) is 0 Å². The fourth-order valence-electron chi connectivity index (χ4n) is 1.50. The summed E-state index contributed by atoms with van der Waals surface area (Å²) in [4.78, 5) is 4.18. The summed E-state index contributed by atoms with van der Waals surface area (Å²) in [6.07, 6.45) is 1.69. The Morgan fingerprint density at radius 2 is 1.94 bits per heavy atom. The van der Waals surface area contributed by atoms with Crippen LogP contribution in [-0.4, -0.2) is 11.6 Å². The first-order chi connectivity index (χ1) is 8.70. The molecule has 0 saturated heterocycles. The summed E-state index contributed by atoms with van der Waals surface area (Å²) in [6, 6.07) is 9.18. The van der Waals surface area contributed by atoms with Gasteiger partial charge in [-0.2, -0.15) is 0 Å². The Hall–Kier alpha value is -2.23. The topological polar surface area (TPSA) is 57.4 Å². The van der Waals surface area contributed by atoms with Crippen LogP contribution in [0.25, 0.3) is 0 Å². The summed E-state index contributed by atoms with van der Waals surface area (Å²) < 4.78 is 11.2. The molecule has 4 nitrogen and oxygen atoms in total. The van der Waals surface area contributed by atoms with Crippen molar-refractivity contribution in [2.45, 2.75) is 13.8 Å². The molecule has 0 aliphatic heterocycles. The molecule has 1 heterocycles. The molecule has 1 aromatic heterocycles. The fourth-order valence-corrected chi connectivity index (χ4v) is 1.50. The maximum Gasteiger partial charge on any atom is 0.221 e. The lowest BCUT2D eigenvalue weighted by Crippen LogP contribution is -1.97. The number of anilines is 1. The largest absolute Gasteiger partial charge is 0.490 e. The maximum absolute atomic E-state index is 5.82. The molecule has 1 aromatic carbocycles. The van der Waals surface area contributed by atoms with Crippen molar-refractivity contribution < 1.29 is 9.47 Å². The van der Waals surface area contributed by atoms with Crippen molar-refractivity contribution in [1.29, 1.82) is 0 Å². The number of ether oxygens (including phenoxy) is 2. The van der Waals surface area contributed by atoms with Crippen LogP contribution in [0, 0.1) is 6.92 Å². The Labute approximate surface area is 106 Å². The second-order valence-electron chi connectivity index (χ2n) is 3.86. The minimum atomic E-state index is 0.463. The fraction of sp³-hybridized carbons (Fsp3) is 0.214. The lowest BCUT2D eigenvalue weighted by Gasteiger charge is -2.11. The van der Waals surface area contributed by atoms with Crippen LogP contribution in [0.5, 0.6) is 17.4 Å². The Bertz CT molecular complexity index is 541. The van der Waals surface area contributed by atoms with Crippen LogP contribution < -0.4 is 15.2 Å². The summed E-state index contributed by atoms with van der Waals surface area (Å²) in [5.41, 5.74) is 7.41. The third-order valence-electron chi connectivity index (χ3n) is 2.48. The standard InChI is InChI=1S/C14H16N2O2/c1-3-17-12-6-4-5-7-13(12)18-14-8-11(15)10(2)9-16-14/h4-9H,3H2,1-2H3,(H2,15,16). The average molecular weight is 244 g/mol. The number of benzene rings is 1. The summed E-state index contributed by atoms with van der Waals surface area (Å²) >= 11 is 0. The van der Waals surface area contributed by atoms with E-state index in [1.165, 1.54) is 0 Å². The number of hydrogen-bond donors (Lipinski definition) is 1. The number of pyridine rings is 1. The Balaban J connectivity index is 2.25. The van der Waals surface area contributed by atoms with E-state index in [1.807, 2.05) is 38.1 Å². The second-order valence-corrected chi connectivity index (χ2v) is 3.86. The van der Waals surface area contributed by atoms with Gasteiger partial charge < -0.3 is 15.2 Å². The molecule has 0 amide bonds. The number of para-hydroxylation sites is 2. The van der Waals surface area contributed by atoms with Gasteiger partial charge in [-0.15, -0.1) is 0 Å². The molecule has 0 aliphatic rings. The smallest absolute Gasteiger partial charge is 0.221 e. The van der Waals surface area contributed by atoms with E-state index < -0.39 is 0 Å². The van der Waals surface area contributed by atoms with Gasteiger partial charge in [-0.05, 0) is 31.5 Å². The minimum Gasteiger partial charge on any atom is -0.490 e. The lowest BCUT2D eigenvalue weighted by atomic mass is 10.2. The zero-order valence-electron chi connectivity index (χ0n) is 10.5. The number of nitrogen functional groups attached to an aromatic ring is 1. The van der Waals surface area contributed by atoms with Gasteiger partial charge in [-0.3, -0.25) is 0 Å². The monoisotopic (exact) mass is 244 g/mol. The number of hydrogen-bond acceptors (Lipinski definition) is 4. The van der Waals surface area contributed by atoms with E-state index in [-0.39, 0.29) is 0 Å². The van der Waals surface area contributed by atoms with Gasteiger partial charge in [0.25, 0.3) is 0 Å². The van der Waals surface area contributed by atoms with Gasteiger partial charge in [0, 0.05) is 18.0 Å². The molecule has 94 valence electrons. The molecule has 0 fully saturated rings. The molecule has 18 heavy (non-hydrogen) atoms. The minimum absolute atomic E-state index is 0.463. The zero-order chi connectivity index (χ0) is 13.0. The molecule has 4 heteroatoms. The van der Waals surface area contributed by atoms with E-state index in [9.17, 15) is 0 Å². The summed E-state index contributed by atoms with van der Waals surface area (Å²) in [7, 11) is 0. The Morgan fingerprint density at radius 1 is 1.22 bits per heavy atom. The van der Waals surface area contributed by atoms with Crippen molar-refractivity contribution >= 4 is 5.69 Å². The highest BCUT2D eigenvalue weighted by Crippen LogP contribution is 2.31. The molecule has 0 atom stereocenters. The molecule has 0 radical (unpaired) electrons. The summed E-state index contributed by atoms with van der Waals surface area (Å²) in [5.74, 6) is 1.79. The molecular weight excluding hydrogens is 228 g/mol. The Kier molecular flexibility index (Phi) is 3.67. The summed E-state index contributed by atoms with van der Waals surface area (Å²) in [5, 5.41) is 0. The predicted molar refractivity (Wildman–Crippen MR) is 71.1 cm³/mol. The van der Waals surface area contributed by atoms with Gasteiger partial charge in [0.15, 0.2) is 11.5 Å². The first-order valence-corrected chi connectivity index (χ1v) is 5.82. The van der Waals surface area contributed by atoms with Crippen LogP contribution in [0.1, 0.15) is 12.5 Å². The normalized spacial score (nSPS) is 10.1. The highest BCUT2D eigenvalue weighted by Gasteiger charge is 2.06. The van der Waals surface area contributed by atoms with Crippen LogP contribution in [0.2, 0.25) is 0 Å². The number of nitrogens with zero attached hydrogens (tertiary/aromatic N) is 1. The van der Waals surface area contributed by atoms with Crippen molar-refractivity contribution in [3.63, 3.8) is 0 Å². The predicted octanol–water partition coefficient (Wildman–Crippen LogP) is 3.16. The van der Waals surface area contributed by atoms with Gasteiger partial charge in [0.2, 0.25) is 5.88 Å². The second kappa shape index (κ2) is 5.40. The van der Waals surface area contributed by atoms with Crippen molar-refractivity contribution in [1.82, 2.24) is 4.98 Å². The first-order valence-electron chi connectivity index (χ1n) is 5.82. The van der Waals surface area contributed by atoms with Gasteiger partial charge in [-0.1, -0.05) is 12.1 Å². The molecule has 2 rings (SSSR count). The van der Waals surface area contributed by atoms with Crippen LogP contribution >= 0.6 is 0 Å². The highest BCUT2D eigenvalue weighted by molar-refractivity contribution is 5.49. The van der Waals surface area contributed by atoms with E-state index in [0.29, 0.717) is 29.7 Å². The van der Waals surface area contributed by atoms with E-state index in [4.69, 9.17) is 15.2 Å². The Morgan fingerprint density at radius 3 is 2.61 bits per heavy atom.